The summed E-state index contributed by atoms with van der Waals surface area (Å²) in [6, 6.07) is 17.4. The fourth-order valence-corrected chi connectivity index (χ4v) is 2.62. The van der Waals surface area contributed by atoms with E-state index in [1.165, 1.54) is 4.90 Å². The van der Waals surface area contributed by atoms with Crippen LogP contribution >= 0.6 is 0 Å². The van der Waals surface area contributed by atoms with Gasteiger partial charge in [0.2, 0.25) is 0 Å². The van der Waals surface area contributed by atoms with Gasteiger partial charge < -0.3 is 15.0 Å². The van der Waals surface area contributed by atoms with Crippen LogP contribution in [0.25, 0.3) is 0 Å². The molecule has 2 rings (SSSR count). The molecule has 0 aliphatic rings. The van der Waals surface area contributed by atoms with Gasteiger partial charge in [-0.3, -0.25) is 4.79 Å². The molecule has 0 unspecified atom stereocenters. The third kappa shape index (κ3) is 6.24. The Morgan fingerprint density at radius 3 is 2.36 bits per heavy atom. The minimum Gasteiger partial charge on any atom is -0.494 e. The summed E-state index contributed by atoms with van der Waals surface area (Å²) in [4.78, 5) is 13.9. The Kier molecular flexibility index (Phi) is 7.48. The minimum absolute atomic E-state index is 0.0146. The molecule has 0 aliphatic heterocycles. The molecule has 4 heteroatoms. The van der Waals surface area contributed by atoms with Crippen LogP contribution in [0, 0.1) is 0 Å². The van der Waals surface area contributed by atoms with Gasteiger partial charge in [-0.15, -0.1) is 0 Å². The summed E-state index contributed by atoms with van der Waals surface area (Å²) in [5, 5.41) is 3.15. The highest BCUT2D eigenvalue weighted by molar-refractivity contribution is 5.94. The smallest absolute Gasteiger partial charge is 0.251 e. The number of carbonyl (C=O) groups excluding carboxylic acids is 1. The zero-order chi connectivity index (χ0) is 18.1. The van der Waals surface area contributed by atoms with Crippen molar-refractivity contribution in [1.29, 1.82) is 0 Å². The number of unbranched alkanes of at least 4 members (excludes halogenated alkanes) is 1. The molecule has 1 atom stereocenters. The number of amides is 1. The van der Waals surface area contributed by atoms with Gasteiger partial charge in [0.25, 0.3) is 5.91 Å². The van der Waals surface area contributed by atoms with Crippen molar-refractivity contribution in [3.8, 4) is 5.75 Å². The molecule has 0 bridgehead atoms. The summed E-state index contributed by atoms with van der Waals surface area (Å²) in [6.45, 7) is 3.67. The van der Waals surface area contributed by atoms with Gasteiger partial charge in [-0.1, -0.05) is 43.7 Å². The third-order valence-corrected chi connectivity index (χ3v) is 4.00. The second-order valence-corrected chi connectivity index (χ2v) is 6.57. The molecule has 1 amide bonds. The predicted octanol–water partition coefficient (Wildman–Crippen LogP) is 2.48. The lowest BCUT2D eigenvalue weighted by Crippen LogP contribution is -3.06. The van der Waals surface area contributed by atoms with Crippen LogP contribution in [-0.2, 0) is 0 Å². The Morgan fingerprint density at radius 1 is 1.08 bits per heavy atom. The summed E-state index contributed by atoms with van der Waals surface area (Å²) in [5.74, 6) is 0.748. The van der Waals surface area contributed by atoms with Crippen molar-refractivity contribution in [3.05, 3.63) is 65.7 Å². The van der Waals surface area contributed by atoms with E-state index < -0.39 is 0 Å². The zero-order valence-corrected chi connectivity index (χ0v) is 15.4. The third-order valence-electron chi connectivity index (χ3n) is 4.00. The number of quaternary nitrogens is 1. The Morgan fingerprint density at radius 2 is 1.76 bits per heavy atom. The molecule has 0 saturated heterocycles. The maximum Gasteiger partial charge on any atom is 0.251 e. The average Bonchev–Trinajstić information content (AvgIpc) is 2.62. The second kappa shape index (κ2) is 9.84. The first-order valence-corrected chi connectivity index (χ1v) is 8.98. The van der Waals surface area contributed by atoms with Gasteiger partial charge in [-0.05, 0) is 36.2 Å². The zero-order valence-electron chi connectivity index (χ0n) is 15.4. The van der Waals surface area contributed by atoms with Gasteiger partial charge in [-0.2, -0.15) is 0 Å². The van der Waals surface area contributed by atoms with E-state index in [0.29, 0.717) is 12.2 Å². The quantitative estimate of drug-likeness (QED) is 0.688. The lowest BCUT2D eigenvalue weighted by atomic mass is 10.1. The molecule has 2 aromatic rings. The van der Waals surface area contributed by atoms with Crippen LogP contribution in [0.15, 0.2) is 54.6 Å². The highest BCUT2D eigenvalue weighted by atomic mass is 16.5. The van der Waals surface area contributed by atoms with E-state index in [9.17, 15) is 4.79 Å². The molecule has 4 nitrogen and oxygen atoms in total. The molecular formula is C21H29N2O2+. The van der Waals surface area contributed by atoms with Gasteiger partial charge in [-0.25, -0.2) is 0 Å². The summed E-state index contributed by atoms with van der Waals surface area (Å²) < 4.78 is 5.65. The van der Waals surface area contributed by atoms with E-state index >= 15 is 0 Å². The lowest BCUT2D eigenvalue weighted by Gasteiger charge is -2.21. The Labute approximate surface area is 150 Å². The largest absolute Gasteiger partial charge is 0.494 e. The van der Waals surface area contributed by atoms with Crippen LogP contribution in [0.4, 0.5) is 0 Å². The van der Waals surface area contributed by atoms with Crippen molar-refractivity contribution >= 4 is 5.91 Å². The van der Waals surface area contributed by atoms with Gasteiger partial charge in [0.1, 0.15) is 18.3 Å². The van der Waals surface area contributed by atoms with E-state index in [1.807, 2.05) is 42.5 Å². The predicted molar refractivity (Wildman–Crippen MR) is 101 cm³/mol. The number of ether oxygens (including phenoxy) is 1. The van der Waals surface area contributed by atoms with Crippen molar-refractivity contribution in [3.63, 3.8) is 0 Å². The molecule has 0 fully saturated rings. The fourth-order valence-electron chi connectivity index (χ4n) is 2.62. The SMILES string of the molecule is CCCCOc1ccc(C(=O)N[C@H](C[NH+](C)C)c2ccccc2)cc1. The molecule has 25 heavy (non-hydrogen) atoms. The number of nitrogens with one attached hydrogen (secondary N) is 2. The number of benzene rings is 2. The maximum absolute atomic E-state index is 12.6. The first kappa shape index (κ1) is 19.0. The summed E-state index contributed by atoms with van der Waals surface area (Å²) in [5.41, 5.74) is 1.77. The molecule has 2 N–H and O–H groups in total. The standard InChI is InChI=1S/C21H28N2O2/c1-4-5-15-25-19-13-11-18(12-14-19)21(24)22-20(16-23(2)3)17-9-7-6-8-10-17/h6-14,20H,4-5,15-16H2,1-3H3,(H,22,24)/p+1/t20-/m1/s1. The first-order valence-electron chi connectivity index (χ1n) is 8.98. The molecule has 0 spiro atoms. The molecule has 0 aliphatic carbocycles. The maximum atomic E-state index is 12.6. The van der Waals surface area contributed by atoms with Gasteiger partial charge in [0.05, 0.1) is 20.7 Å². The highest BCUT2D eigenvalue weighted by Crippen LogP contribution is 2.15. The Bertz CT molecular complexity index is 639. The molecule has 0 aromatic heterocycles. The Balaban J connectivity index is 2.02. The molecule has 0 radical (unpaired) electrons. The minimum atomic E-state index is -0.0600. The van der Waals surface area contributed by atoms with E-state index in [4.69, 9.17) is 4.74 Å². The van der Waals surface area contributed by atoms with Crippen LogP contribution in [0.1, 0.15) is 41.7 Å². The monoisotopic (exact) mass is 341 g/mol. The summed E-state index contributed by atoms with van der Waals surface area (Å²) >= 11 is 0. The molecule has 2 aromatic carbocycles. The number of rotatable bonds is 9. The van der Waals surface area contributed by atoms with Gasteiger partial charge in [0, 0.05) is 5.56 Å². The molecule has 0 saturated carbocycles. The van der Waals surface area contributed by atoms with Crippen LogP contribution in [0.5, 0.6) is 5.75 Å². The summed E-state index contributed by atoms with van der Waals surface area (Å²) in [7, 11) is 4.18. The van der Waals surface area contributed by atoms with Crippen molar-refractivity contribution in [2.24, 2.45) is 0 Å². The number of hydrogen-bond donors (Lipinski definition) is 2. The van der Waals surface area contributed by atoms with Crippen molar-refractivity contribution in [2.45, 2.75) is 25.8 Å². The van der Waals surface area contributed by atoms with Gasteiger partial charge >= 0.3 is 0 Å². The van der Waals surface area contributed by atoms with Crippen molar-refractivity contribution < 1.29 is 14.4 Å². The number of likely N-dealkylation sites (N-methyl/N-ethyl adjacent to an activating group) is 1. The topological polar surface area (TPSA) is 42.8 Å². The molecule has 0 heterocycles. The molecular weight excluding hydrogens is 312 g/mol. The van der Waals surface area contributed by atoms with E-state index in [2.05, 4.69) is 38.5 Å². The van der Waals surface area contributed by atoms with Crippen molar-refractivity contribution in [2.75, 3.05) is 27.2 Å². The van der Waals surface area contributed by atoms with Crippen molar-refractivity contribution in [1.82, 2.24) is 5.32 Å². The van der Waals surface area contributed by atoms with E-state index in [0.717, 1.165) is 30.7 Å². The lowest BCUT2D eigenvalue weighted by molar-refractivity contribution is -0.860. The van der Waals surface area contributed by atoms with Gasteiger partial charge in [0.15, 0.2) is 0 Å². The average molecular weight is 341 g/mol. The highest BCUT2D eigenvalue weighted by Gasteiger charge is 2.18. The van der Waals surface area contributed by atoms with E-state index in [1.54, 1.807) is 0 Å². The van der Waals surface area contributed by atoms with Crippen LogP contribution < -0.4 is 15.0 Å². The van der Waals surface area contributed by atoms with Crippen LogP contribution in [0.2, 0.25) is 0 Å². The Hall–Kier alpha value is -2.33. The molecule has 134 valence electrons. The number of carbonyl (C=O) groups is 1. The first-order chi connectivity index (χ1) is 12.1. The fraction of sp³-hybridized carbons (Fsp3) is 0.381. The second-order valence-electron chi connectivity index (χ2n) is 6.57. The van der Waals surface area contributed by atoms with E-state index in [-0.39, 0.29) is 11.9 Å². The summed E-state index contributed by atoms with van der Waals surface area (Å²) in [6.07, 6.45) is 2.14. The van der Waals surface area contributed by atoms with Crippen LogP contribution in [0.3, 0.4) is 0 Å². The van der Waals surface area contributed by atoms with Crippen LogP contribution in [-0.4, -0.2) is 33.2 Å². The number of hydrogen-bond acceptors (Lipinski definition) is 2. The normalized spacial score (nSPS) is 12.0.